The summed E-state index contributed by atoms with van der Waals surface area (Å²) in [5.74, 6) is -0.766. The standard InChI is InChI=1S/C18H19N3O4/c22-15(23)10-20-9-7-19-16(17(20)24)21-8-3-6-18(12-21)14-5-2-1-4-13(14)11-25-18/h1-2,4-5,7,9H,3,6,8,10-12H2,(H,22,23). The molecule has 0 bridgehead atoms. The minimum absolute atomic E-state index is 0.288. The van der Waals surface area contributed by atoms with Crippen LogP contribution in [0, 0.1) is 0 Å². The van der Waals surface area contributed by atoms with Gasteiger partial charge in [0.2, 0.25) is 0 Å². The number of fused-ring (bicyclic) bond motifs is 2. The van der Waals surface area contributed by atoms with E-state index in [-0.39, 0.29) is 17.9 Å². The van der Waals surface area contributed by atoms with Gasteiger partial charge in [0, 0.05) is 18.9 Å². The Kier molecular flexibility index (Phi) is 3.80. The van der Waals surface area contributed by atoms with Crippen molar-refractivity contribution in [1.82, 2.24) is 9.55 Å². The van der Waals surface area contributed by atoms with Crippen LogP contribution in [0.15, 0.2) is 41.5 Å². The van der Waals surface area contributed by atoms with Crippen LogP contribution < -0.4 is 10.5 Å². The van der Waals surface area contributed by atoms with Gasteiger partial charge in [-0.2, -0.15) is 0 Å². The van der Waals surface area contributed by atoms with Crippen LogP contribution in [0.5, 0.6) is 0 Å². The Morgan fingerprint density at radius 3 is 3.04 bits per heavy atom. The Balaban J connectivity index is 1.67. The fourth-order valence-corrected chi connectivity index (χ4v) is 3.85. The SMILES string of the molecule is O=C(O)Cn1ccnc(N2CCCC3(C2)OCc2ccccc23)c1=O. The molecule has 130 valence electrons. The summed E-state index contributed by atoms with van der Waals surface area (Å²) in [6.45, 7) is 1.46. The lowest BCUT2D eigenvalue weighted by molar-refractivity contribution is -0.137. The number of aliphatic carboxylic acids is 1. The molecule has 1 atom stereocenters. The average molecular weight is 341 g/mol. The van der Waals surface area contributed by atoms with E-state index in [1.807, 2.05) is 17.0 Å². The Morgan fingerprint density at radius 1 is 1.36 bits per heavy atom. The Labute approximate surface area is 144 Å². The van der Waals surface area contributed by atoms with Crippen molar-refractivity contribution in [3.8, 4) is 0 Å². The van der Waals surface area contributed by atoms with Crippen LogP contribution in [-0.4, -0.2) is 33.7 Å². The lowest BCUT2D eigenvalue weighted by Crippen LogP contribution is -2.48. The first kappa shape index (κ1) is 15.8. The highest BCUT2D eigenvalue weighted by molar-refractivity contribution is 5.66. The van der Waals surface area contributed by atoms with Crippen molar-refractivity contribution < 1.29 is 14.6 Å². The van der Waals surface area contributed by atoms with Crippen LogP contribution in [0.1, 0.15) is 24.0 Å². The Hall–Kier alpha value is -2.67. The van der Waals surface area contributed by atoms with Crippen molar-refractivity contribution in [3.63, 3.8) is 0 Å². The normalized spacial score (nSPS) is 22.2. The van der Waals surface area contributed by atoms with Gasteiger partial charge < -0.3 is 14.7 Å². The van der Waals surface area contributed by atoms with Gasteiger partial charge in [0.15, 0.2) is 5.82 Å². The van der Waals surface area contributed by atoms with Crippen molar-refractivity contribution in [2.45, 2.75) is 31.6 Å². The van der Waals surface area contributed by atoms with Crippen molar-refractivity contribution in [3.05, 3.63) is 58.1 Å². The van der Waals surface area contributed by atoms with Crippen LogP contribution >= 0.6 is 0 Å². The molecule has 0 radical (unpaired) electrons. The molecule has 1 aromatic heterocycles. The molecule has 1 saturated heterocycles. The van der Waals surface area contributed by atoms with Gasteiger partial charge in [0.1, 0.15) is 12.1 Å². The molecule has 1 fully saturated rings. The molecule has 1 unspecified atom stereocenters. The summed E-state index contributed by atoms with van der Waals surface area (Å²) in [5.41, 5.74) is 1.57. The molecule has 4 rings (SSSR count). The molecule has 7 heteroatoms. The van der Waals surface area contributed by atoms with E-state index in [1.54, 1.807) is 0 Å². The number of aromatic nitrogens is 2. The van der Waals surface area contributed by atoms with Crippen LogP contribution in [0.2, 0.25) is 0 Å². The summed E-state index contributed by atoms with van der Waals surface area (Å²) < 4.78 is 7.34. The predicted octanol–water partition coefficient (Wildman–Crippen LogP) is 1.35. The number of rotatable bonds is 3. The fourth-order valence-electron chi connectivity index (χ4n) is 3.85. The van der Waals surface area contributed by atoms with Crippen LogP contribution in [0.4, 0.5) is 5.82 Å². The highest BCUT2D eigenvalue weighted by atomic mass is 16.5. The second kappa shape index (κ2) is 6.00. The summed E-state index contributed by atoms with van der Waals surface area (Å²) >= 11 is 0. The first-order chi connectivity index (χ1) is 12.1. The number of hydrogen-bond donors (Lipinski definition) is 1. The molecule has 2 aromatic rings. The van der Waals surface area contributed by atoms with Gasteiger partial charge in [-0.25, -0.2) is 4.98 Å². The number of nitrogens with zero attached hydrogens (tertiary/aromatic N) is 3. The molecule has 1 aromatic carbocycles. The largest absolute Gasteiger partial charge is 0.480 e. The highest BCUT2D eigenvalue weighted by Gasteiger charge is 2.44. The number of piperidine rings is 1. The quantitative estimate of drug-likeness (QED) is 0.907. The third-order valence-electron chi connectivity index (χ3n) is 4.97. The molecule has 0 saturated carbocycles. The molecule has 2 aliphatic rings. The van der Waals surface area contributed by atoms with Crippen LogP contribution in [-0.2, 0) is 28.3 Å². The van der Waals surface area contributed by atoms with E-state index in [2.05, 4.69) is 17.1 Å². The number of anilines is 1. The number of ether oxygens (including phenoxy) is 1. The van der Waals surface area contributed by atoms with Crippen molar-refractivity contribution >= 4 is 11.8 Å². The number of benzene rings is 1. The minimum Gasteiger partial charge on any atom is -0.480 e. The fraction of sp³-hybridized carbons (Fsp3) is 0.389. The monoisotopic (exact) mass is 341 g/mol. The van der Waals surface area contributed by atoms with Gasteiger partial charge in [-0.05, 0) is 24.0 Å². The van der Waals surface area contributed by atoms with E-state index in [4.69, 9.17) is 9.84 Å². The van der Waals surface area contributed by atoms with Gasteiger partial charge in [0.05, 0.1) is 13.2 Å². The van der Waals surface area contributed by atoms with E-state index in [0.29, 0.717) is 19.7 Å². The maximum Gasteiger partial charge on any atom is 0.323 e. The lowest BCUT2D eigenvalue weighted by Gasteiger charge is -2.40. The third kappa shape index (κ3) is 2.70. The molecule has 2 aliphatic heterocycles. The summed E-state index contributed by atoms with van der Waals surface area (Å²) in [4.78, 5) is 29.7. The zero-order valence-electron chi connectivity index (χ0n) is 13.7. The van der Waals surface area contributed by atoms with E-state index < -0.39 is 11.6 Å². The van der Waals surface area contributed by atoms with Gasteiger partial charge in [-0.15, -0.1) is 0 Å². The number of hydrogen-bond acceptors (Lipinski definition) is 5. The Morgan fingerprint density at radius 2 is 2.20 bits per heavy atom. The molecule has 25 heavy (non-hydrogen) atoms. The Bertz CT molecular complexity index is 875. The maximum atomic E-state index is 12.6. The van der Waals surface area contributed by atoms with Crippen molar-refractivity contribution in [2.24, 2.45) is 0 Å². The molecular formula is C18H19N3O4. The smallest absolute Gasteiger partial charge is 0.323 e. The molecule has 1 spiro atoms. The predicted molar refractivity (Wildman–Crippen MR) is 90.5 cm³/mol. The second-order valence-electron chi connectivity index (χ2n) is 6.54. The minimum atomic E-state index is -1.05. The molecule has 0 amide bonds. The maximum absolute atomic E-state index is 12.6. The van der Waals surface area contributed by atoms with Crippen LogP contribution in [0.25, 0.3) is 0 Å². The third-order valence-corrected chi connectivity index (χ3v) is 4.97. The van der Waals surface area contributed by atoms with E-state index in [1.165, 1.54) is 28.1 Å². The summed E-state index contributed by atoms with van der Waals surface area (Å²) in [7, 11) is 0. The van der Waals surface area contributed by atoms with E-state index >= 15 is 0 Å². The summed E-state index contributed by atoms with van der Waals surface area (Å²) in [5, 5.41) is 8.96. The molecule has 3 heterocycles. The van der Waals surface area contributed by atoms with Gasteiger partial charge >= 0.3 is 5.97 Å². The summed E-state index contributed by atoms with van der Waals surface area (Å²) in [6.07, 6.45) is 4.66. The first-order valence-corrected chi connectivity index (χ1v) is 8.34. The molecule has 7 nitrogen and oxygen atoms in total. The van der Waals surface area contributed by atoms with Crippen molar-refractivity contribution in [1.29, 1.82) is 0 Å². The summed E-state index contributed by atoms with van der Waals surface area (Å²) in [6, 6.07) is 8.18. The average Bonchev–Trinajstić information content (AvgIpc) is 2.95. The molecule has 0 aliphatic carbocycles. The number of carbonyl (C=O) groups is 1. The lowest BCUT2D eigenvalue weighted by atomic mass is 9.85. The van der Waals surface area contributed by atoms with Gasteiger partial charge in [-0.3, -0.25) is 14.2 Å². The topological polar surface area (TPSA) is 84.7 Å². The first-order valence-electron chi connectivity index (χ1n) is 8.34. The molecular weight excluding hydrogens is 322 g/mol. The zero-order valence-corrected chi connectivity index (χ0v) is 13.7. The van der Waals surface area contributed by atoms with Crippen molar-refractivity contribution in [2.75, 3.05) is 18.0 Å². The highest BCUT2D eigenvalue weighted by Crippen LogP contribution is 2.43. The second-order valence-corrected chi connectivity index (χ2v) is 6.54. The van der Waals surface area contributed by atoms with Crippen LogP contribution in [0.3, 0.4) is 0 Å². The van der Waals surface area contributed by atoms with E-state index in [0.717, 1.165) is 12.8 Å². The van der Waals surface area contributed by atoms with Gasteiger partial charge in [-0.1, -0.05) is 24.3 Å². The zero-order chi connectivity index (χ0) is 17.4. The number of carboxylic acids is 1. The van der Waals surface area contributed by atoms with E-state index in [9.17, 15) is 9.59 Å². The van der Waals surface area contributed by atoms with Gasteiger partial charge in [0.25, 0.3) is 5.56 Å². The number of carboxylic acid groups (broad SMARTS) is 1. The molecule has 1 N–H and O–H groups in total.